The van der Waals surface area contributed by atoms with E-state index in [1.54, 1.807) is 7.11 Å². The first-order valence-electron chi connectivity index (χ1n) is 5.54. The van der Waals surface area contributed by atoms with Gasteiger partial charge in [0, 0.05) is 18.5 Å². The molecule has 0 N–H and O–H groups in total. The van der Waals surface area contributed by atoms with Crippen LogP contribution in [0.25, 0.3) is 10.8 Å². The first kappa shape index (κ1) is 11.0. The summed E-state index contributed by atoms with van der Waals surface area (Å²) in [6, 6.07) is 12.4. The van der Waals surface area contributed by atoms with Crippen molar-refractivity contribution in [3.05, 3.63) is 42.0 Å². The SMILES string of the molecule is CC[N]Cc1ccc(OC)c2ccccc12. The smallest absolute Gasteiger partial charge is 0.126 e. The van der Waals surface area contributed by atoms with Crippen LogP contribution < -0.4 is 10.1 Å². The molecule has 0 bridgehead atoms. The highest BCUT2D eigenvalue weighted by Gasteiger charge is 2.05. The summed E-state index contributed by atoms with van der Waals surface area (Å²) in [5, 5.41) is 6.80. The monoisotopic (exact) mass is 214 g/mol. The zero-order chi connectivity index (χ0) is 11.4. The van der Waals surface area contributed by atoms with Gasteiger partial charge in [0.15, 0.2) is 0 Å². The van der Waals surface area contributed by atoms with Crippen LogP contribution in [0.4, 0.5) is 0 Å². The van der Waals surface area contributed by atoms with E-state index in [-0.39, 0.29) is 0 Å². The fourth-order valence-corrected chi connectivity index (χ4v) is 1.88. The first-order chi connectivity index (χ1) is 7.86. The van der Waals surface area contributed by atoms with E-state index < -0.39 is 0 Å². The van der Waals surface area contributed by atoms with E-state index in [1.807, 2.05) is 12.1 Å². The van der Waals surface area contributed by atoms with Crippen molar-refractivity contribution in [2.45, 2.75) is 13.5 Å². The fourth-order valence-electron chi connectivity index (χ4n) is 1.88. The molecule has 0 amide bonds. The number of methoxy groups -OCH3 is 1. The Bertz CT molecular complexity index is 479. The minimum atomic E-state index is 0.779. The molecule has 2 heteroatoms. The number of nitrogens with zero attached hydrogens (tertiary/aromatic N) is 1. The van der Waals surface area contributed by atoms with Crippen LogP contribution in [0, 0.1) is 0 Å². The Morgan fingerprint density at radius 1 is 1.06 bits per heavy atom. The van der Waals surface area contributed by atoms with E-state index in [2.05, 4.69) is 36.5 Å². The molecule has 83 valence electrons. The maximum atomic E-state index is 5.36. The molecule has 0 aliphatic rings. The van der Waals surface area contributed by atoms with Gasteiger partial charge < -0.3 is 4.74 Å². The minimum absolute atomic E-state index is 0.779. The summed E-state index contributed by atoms with van der Waals surface area (Å²) < 4.78 is 5.36. The highest BCUT2D eigenvalue weighted by atomic mass is 16.5. The molecular weight excluding hydrogens is 198 g/mol. The van der Waals surface area contributed by atoms with Crippen molar-refractivity contribution < 1.29 is 4.74 Å². The van der Waals surface area contributed by atoms with E-state index in [0.717, 1.165) is 24.2 Å². The second-order valence-corrected chi connectivity index (χ2v) is 3.67. The molecule has 0 fully saturated rings. The highest BCUT2D eigenvalue weighted by Crippen LogP contribution is 2.28. The molecule has 0 aliphatic heterocycles. The van der Waals surface area contributed by atoms with Crippen LogP contribution in [0.2, 0.25) is 0 Å². The van der Waals surface area contributed by atoms with Crippen molar-refractivity contribution in [1.82, 2.24) is 5.32 Å². The number of hydrogen-bond donors (Lipinski definition) is 0. The second kappa shape index (κ2) is 4.99. The summed E-state index contributed by atoms with van der Waals surface area (Å²) in [5.74, 6) is 0.927. The molecule has 2 nitrogen and oxygen atoms in total. The van der Waals surface area contributed by atoms with Gasteiger partial charge in [0.1, 0.15) is 5.75 Å². The molecule has 2 aromatic rings. The standard InChI is InChI=1S/C14H16NO/c1-3-15-10-11-8-9-14(16-2)13-7-5-4-6-12(11)13/h4-9H,3,10H2,1-2H3. The second-order valence-electron chi connectivity index (χ2n) is 3.67. The number of benzene rings is 2. The predicted octanol–water partition coefficient (Wildman–Crippen LogP) is 2.97. The lowest BCUT2D eigenvalue weighted by atomic mass is 10.0. The molecule has 2 rings (SSSR count). The Hall–Kier alpha value is -1.54. The van der Waals surface area contributed by atoms with Crippen LogP contribution in [0.5, 0.6) is 5.75 Å². The maximum Gasteiger partial charge on any atom is 0.126 e. The third-order valence-corrected chi connectivity index (χ3v) is 2.70. The van der Waals surface area contributed by atoms with Crippen molar-refractivity contribution in [3.8, 4) is 5.75 Å². The normalized spacial score (nSPS) is 10.6. The van der Waals surface area contributed by atoms with Gasteiger partial charge in [-0.25, -0.2) is 5.32 Å². The van der Waals surface area contributed by atoms with E-state index in [0.29, 0.717) is 0 Å². The van der Waals surface area contributed by atoms with Crippen molar-refractivity contribution in [2.75, 3.05) is 13.7 Å². The number of fused-ring (bicyclic) bond motifs is 1. The van der Waals surface area contributed by atoms with Crippen molar-refractivity contribution in [3.63, 3.8) is 0 Å². The maximum absolute atomic E-state index is 5.36. The van der Waals surface area contributed by atoms with Gasteiger partial charge in [0.05, 0.1) is 7.11 Å². The van der Waals surface area contributed by atoms with Gasteiger partial charge in [0.2, 0.25) is 0 Å². The highest BCUT2D eigenvalue weighted by molar-refractivity contribution is 5.91. The predicted molar refractivity (Wildman–Crippen MR) is 66.9 cm³/mol. The van der Waals surface area contributed by atoms with Crippen LogP contribution in [0.1, 0.15) is 12.5 Å². The van der Waals surface area contributed by atoms with Crippen LogP contribution in [-0.2, 0) is 6.54 Å². The Labute approximate surface area is 96.2 Å². The average molecular weight is 214 g/mol. The molecule has 0 spiro atoms. The molecule has 0 unspecified atom stereocenters. The van der Waals surface area contributed by atoms with Gasteiger partial charge in [-0.3, -0.25) is 0 Å². The van der Waals surface area contributed by atoms with Gasteiger partial charge in [-0.1, -0.05) is 37.3 Å². The van der Waals surface area contributed by atoms with Crippen LogP contribution >= 0.6 is 0 Å². The molecule has 0 heterocycles. The van der Waals surface area contributed by atoms with Crippen LogP contribution in [0.15, 0.2) is 36.4 Å². The van der Waals surface area contributed by atoms with Crippen molar-refractivity contribution in [1.29, 1.82) is 0 Å². The molecule has 0 saturated heterocycles. The number of ether oxygens (including phenoxy) is 1. The summed E-state index contributed by atoms with van der Waals surface area (Å²) in [6.45, 7) is 3.70. The molecule has 0 aromatic heterocycles. The van der Waals surface area contributed by atoms with E-state index in [4.69, 9.17) is 4.74 Å². The van der Waals surface area contributed by atoms with E-state index in [9.17, 15) is 0 Å². The summed E-state index contributed by atoms with van der Waals surface area (Å²) in [6.07, 6.45) is 0. The lowest BCUT2D eigenvalue weighted by Crippen LogP contribution is -2.03. The molecule has 2 aromatic carbocycles. The van der Waals surface area contributed by atoms with Crippen LogP contribution in [-0.4, -0.2) is 13.7 Å². The average Bonchev–Trinajstić information content (AvgIpc) is 2.36. The summed E-state index contributed by atoms with van der Waals surface area (Å²) in [5.41, 5.74) is 1.26. The lowest BCUT2D eigenvalue weighted by Gasteiger charge is -2.09. The molecule has 1 radical (unpaired) electrons. The summed E-state index contributed by atoms with van der Waals surface area (Å²) in [4.78, 5) is 0. The topological polar surface area (TPSA) is 23.3 Å². The summed E-state index contributed by atoms with van der Waals surface area (Å²) >= 11 is 0. The Balaban J connectivity index is 2.51. The number of hydrogen-bond acceptors (Lipinski definition) is 1. The quantitative estimate of drug-likeness (QED) is 0.767. The van der Waals surface area contributed by atoms with Crippen molar-refractivity contribution in [2.24, 2.45) is 0 Å². The van der Waals surface area contributed by atoms with Gasteiger partial charge >= 0.3 is 0 Å². The fraction of sp³-hybridized carbons (Fsp3) is 0.286. The number of rotatable bonds is 4. The first-order valence-corrected chi connectivity index (χ1v) is 5.54. The Morgan fingerprint density at radius 3 is 2.50 bits per heavy atom. The lowest BCUT2D eigenvalue weighted by molar-refractivity contribution is 0.419. The Morgan fingerprint density at radius 2 is 1.81 bits per heavy atom. The summed E-state index contributed by atoms with van der Waals surface area (Å²) in [7, 11) is 1.71. The third-order valence-electron chi connectivity index (χ3n) is 2.70. The van der Waals surface area contributed by atoms with Gasteiger partial charge in [-0.2, -0.15) is 0 Å². The molecule has 0 atom stereocenters. The molecule has 16 heavy (non-hydrogen) atoms. The third kappa shape index (κ3) is 2.02. The molecule has 0 aliphatic carbocycles. The van der Waals surface area contributed by atoms with E-state index in [1.165, 1.54) is 10.9 Å². The van der Waals surface area contributed by atoms with Gasteiger partial charge in [-0.05, 0) is 17.0 Å². The zero-order valence-corrected chi connectivity index (χ0v) is 9.73. The molecule has 0 saturated carbocycles. The van der Waals surface area contributed by atoms with Crippen LogP contribution in [0.3, 0.4) is 0 Å². The molecular formula is C14H16NO. The Kier molecular flexibility index (Phi) is 3.42. The van der Waals surface area contributed by atoms with Gasteiger partial charge in [-0.15, -0.1) is 0 Å². The van der Waals surface area contributed by atoms with Crippen molar-refractivity contribution >= 4 is 10.8 Å². The zero-order valence-electron chi connectivity index (χ0n) is 9.73. The largest absolute Gasteiger partial charge is 0.496 e. The van der Waals surface area contributed by atoms with Gasteiger partial charge in [0.25, 0.3) is 0 Å². The minimum Gasteiger partial charge on any atom is -0.496 e. The van der Waals surface area contributed by atoms with E-state index >= 15 is 0 Å².